The van der Waals surface area contributed by atoms with Crippen molar-refractivity contribution in [3.8, 4) is 0 Å². The molecule has 4 nitrogen and oxygen atoms in total. The van der Waals surface area contributed by atoms with Crippen molar-refractivity contribution in [2.75, 3.05) is 6.54 Å². The van der Waals surface area contributed by atoms with Gasteiger partial charge < -0.3 is 10.4 Å². The van der Waals surface area contributed by atoms with Crippen LogP contribution in [0.3, 0.4) is 0 Å². The zero-order chi connectivity index (χ0) is 12.8. The fourth-order valence-corrected chi connectivity index (χ4v) is 2.80. The maximum atomic E-state index is 10.00. The van der Waals surface area contributed by atoms with E-state index in [-0.39, 0.29) is 6.10 Å². The van der Waals surface area contributed by atoms with Crippen molar-refractivity contribution >= 4 is 0 Å². The normalized spacial score (nSPS) is 20.1. The van der Waals surface area contributed by atoms with Crippen LogP contribution < -0.4 is 5.32 Å². The van der Waals surface area contributed by atoms with Crippen LogP contribution in [0.2, 0.25) is 0 Å². The van der Waals surface area contributed by atoms with Crippen molar-refractivity contribution in [3.63, 3.8) is 0 Å². The molecule has 102 valence electrons. The van der Waals surface area contributed by atoms with E-state index in [1.54, 1.807) is 6.20 Å². The summed E-state index contributed by atoms with van der Waals surface area (Å²) in [6.45, 7) is 3.67. The molecule has 1 saturated carbocycles. The van der Waals surface area contributed by atoms with E-state index in [9.17, 15) is 5.11 Å². The molecule has 0 aliphatic heterocycles. The van der Waals surface area contributed by atoms with Gasteiger partial charge in [-0.1, -0.05) is 25.7 Å². The summed E-state index contributed by atoms with van der Waals surface area (Å²) in [5.41, 5.74) is 0. The summed E-state index contributed by atoms with van der Waals surface area (Å²) in [6.07, 6.45) is 9.82. The van der Waals surface area contributed by atoms with Gasteiger partial charge in [0.15, 0.2) is 0 Å². The van der Waals surface area contributed by atoms with Gasteiger partial charge in [-0.3, -0.25) is 4.68 Å². The summed E-state index contributed by atoms with van der Waals surface area (Å²) in [7, 11) is 0. The summed E-state index contributed by atoms with van der Waals surface area (Å²) in [5, 5.41) is 17.6. The molecule has 0 aromatic carbocycles. The fourth-order valence-electron chi connectivity index (χ4n) is 2.80. The van der Waals surface area contributed by atoms with Crippen LogP contribution in [0.1, 0.15) is 39.0 Å². The van der Waals surface area contributed by atoms with E-state index >= 15 is 0 Å². The lowest BCUT2D eigenvalue weighted by atomic mass is 10.00. The Hall–Kier alpha value is -0.870. The van der Waals surface area contributed by atoms with Crippen LogP contribution in [-0.4, -0.2) is 33.6 Å². The van der Waals surface area contributed by atoms with E-state index in [1.807, 2.05) is 16.9 Å². The smallest absolute Gasteiger partial charge is 0.0667 e. The molecule has 0 radical (unpaired) electrons. The van der Waals surface area contributed by atoms with Gasteiger partial charge in [-0.25, -0.2) is 0 Å². The Kier molecular flexibility index (Phi) is 5.20. The fraction of sp³-hybridized carbons (Fsp3) is 0.786. The zero-order valence-electron chi connectivity index (χ0n) is 11.3. The third kappa shape index (κ3) is 4.42. The predicted octanol–water partition coefficient (Wildman–Crippen LogP) is 1.80. The summed E-state index contributed by atoms with van der Waals surface area (Å²) < 4.78 is 1.92. The third-order valence-electron chi connectivity index (χ3n) is 3.80. The highest BCUT2D eigenvalue weighted by molar-refractivity contribution is 4.79. The second-order valence-corrected chi connectivity index (χ2v) is 5.58. The first kappa shape index (κ1) is 13.6. The molecule has 4 heteroatoms. The summed E-state index contributed by atoms with van der Waals surface area (Å²) in [4.78, 5) is 0. The van der Waals surface area contributed by atoms with Crippen molar-refractivity contribution < 1.29 is 5.11 Å². The standard InChI is InChI=1S/C14H25N3O/c1-12(11-17-8-4-7-16-17)15-10-14(18)9-13-5-2-3-6-13/h4,7-8,12-15,18H,2-3,5-6,9-11H2,1H3. The molecule has 0 amide bonds. The number of hydrogen-bond acceptors (Lipinski definition) is 3. The molecule has 0 saturated heterocycles. The van der Waals surface area contributed by atoms with E-state index in [1.165, 1.54) is 25.7 Å². The highest BCUT2D eigenvalue weighted by Crippen LogP contribution is 2.28. The molecule has 1 heterocycles. The van der Waals surface area contributed by atoms with Crippen LogP contribution in [0.5, 0.6) is 0 Å². The predicted molar refractivity (Wildman–Crippen MR) is 72.3 cm³/mol. The lowest BCUT2D eigenvalue weighted by molar-refractivity contribution is 0.136. The van der Waals surface area contributed by atoms with Crippen molar-refractivity contribution in [1.82, 2.24) is 15.1 Å². The number of hydrogen-bond donors (Lipinski definition) is 2. The molecule has 2 atom stereocenters. The van der Waals surface area contributed by atoms with Crippen molar-refractivity contribution in [1.29, 1.82) is 0 Å². The third-order valence-corrected chi connectivity index (χ3v) is 3.80. The first-order chi connectivity index (χ1) is 8.74. The number of nitrogens with zero attached hydrogens (tertiary/aromatic N) is 2. The highest BCUT2D eigenvalue weighted by atomic mass is 16.3. The molecule has 2 unspecified atom stereocenters. The lowest BCUT2D eigenvalue weighted by Crippen LogP contribution is -2.37. The molecule has 1 aliphatic carbocycles. The molecule has 2 N–H and O–H groups in total. The monoisotopic (exact) mass is 251 g/mol. The van der Waals surface area contributed by atoms with Gasteiger partial charge in [0.2, 0.25) is 0 Å². The van der Waals surface area contributed by atoms with E-state index in [0.29, 0.717) is 12.6 Å². The van der Waals surface area contributed by atoms with Crippen LogP contribution in [-0.2, 0) is 6.54 Å². The van der Waals surface area contributed by atoms with Crippen molar-refractivity contribution in [2.24, 2.45) is 5.92 Å². The Bertz CT molecular complexity index is 320. The largest absolute Gasteiger partial charge is 0.392 e. The second-order valence-electron chi connectivity index (χ2n) is 5.58. The molecule has 0 spiro atoms. The first-order valence-corrected chi connectivity index (χ1v) is 7.13. The van der Waals surface area contributed by atoms with Crippen molar-refractivity contribution in [3.05, 3.63) is 18.5 Å². The van der Waals surface area contributed by atoms with Gasteiger partial charge in [0, 0.05) is 25.0 Å². The molecule has 18 heavy (non-hydrogen) atoms. The lowest BCUT2D eigenvalue weighted by Gasteiger charge is -2.19. The van der Waals surface area contributed by atoms with E-state index < -0.39 is 0 Å². The van der Waals surface area contributed by atoms with Gasteiger partial charge in [-0.2, -0.15) is 5.10 Å². The van der Waals surface area contributed by atoms with Crippen LogP contribution in [0.4, 0.5) is 0 Å². The molecule has 1 aromatic rings. The average molecular weight is 251 g/mol. The SMILES string of the molecule is CC(Cn1cccn1)NCC(O)CC1CCCC1. The molecule has 1 aliphatic rings. The van der Waals surface area contributed by atoms with Gasteiger partial charge in [-0.05, 0) is 25.3 Å². The molecular weight excluding hydrogens is 226 g/mol. The Labute approximate surface area is 109 Å². The first-order valence-electron chi connectivity index (χ1n) is 7.13. The van der Waals surface area contributed by atoms with Crippen LogP contribution in [0.15, 0.2) is 18.5 Å². The van der Waals surface area contributed by atoms with Gasteiger partial charge in [0.05, 0.1) is 12.6 Å². The number of rotatable bonds is 7. The Morgan fingerprint density at radius 1 is 1.44 bits per heavy atom. The van der Waals surface area contributed by atoms with Gasteiger partial charge in [0.1, 0.15) is 0 Å². The van der Waals surface area contributed by atoms with Gasteiger partial charge in [0.25, 0.3) is 0 Å². The Morgan fingerprint density at radius 2 is 2.22 bits per heavy atom. The zero-order valence-corrected chi connectivity index (χ0v) is 11.3. The minimum Gasteiger partial charge on any atom is -0.392 e. The second kappa shape index (κ2) is 6.90. The van der Waals surface area contributed by atoms with E-state index in [2.05, 4.69) is 17.3 Å². The minimum absolute atomic E-state index is 0.201. The quantitative estimate of drug-likeness (QED) is 0.777. The molecular formula is C14H25N3O. The Balaban J connectivity index is 1.61. The molecule has 2 rings (SSSR count). The topological polar surface area (TPSA) is 50.1 Å². The molecule has 1 aromatic heterocycles. The summed E-state index contributed by atoms with van der Waals surface area (Å²) in [6, 6.07) is 2.27. The van der Waals surface area contributed by atoms with Gasteiger partial charge >= 0.3 is 0 Å². The average Bonchev–Trinajstić information content (AvgIpc) is 2.99. The number of aromatic nitrogens is 2. The molecule has 1 fully saturated rings. The van der Waals surface area contributed by atoms with Crippen LogP contribution >= 0.6 is 0 Å². The summed E-state index contributed by atoms with van der Waals surface area (Å²) >= 11 is 0. The number of aliphatic hydroxyl groups is 1. The number of nitrogens with one attached hydrogen (secondary N) is 1. The van der Waals surface area contributed by atoms with Crippen LogP contribution in [0, 0.1) is 5.92 Å². The molecule has 0 bridgehead atoms. The van der Waals surface area contributed by atoms with Crippen molar-refractivity contribution in [2.45, 2.75) is 57.7 Å². The maximum absolute atomic E-state index is 10.00. The minimum atomic E-state index is -0.201. The summed E-state index contributed by atoms with van der Waals surface area (Å²) in [5.74, 6) is 0.753. The number of aliphatic hydroxyl groups excluding tert-OH is 1. The Morgan fingerprint density at radius 3 is 2.89 bits per heavy atom. The van der Waals surface area contributed by atoms with Gasteiger partial charge in [-0.15, -0.1) is 0 Å². The van der Waals surface area contributed by atoms with E-state index in [0.717, 1.165) is 18.9 Å². The highest BCUT2D eigenvalue weighted by Gasteiger charge is 2.18. The maximum Gasteiger partial charge on any atom is 0.0667 e. The van der Waals surface area contributed by atoms with E-state index in [4.69, 9.17) is 0 Å². The van der Waals surface area contributed by atoms with Crippen LogP contribution in [0.25, 0.3) is 0 Å².